The van der Waals surface area contributed by atoms with Crippen LogP contribution in [-0.2, 0) is 0 Å². The molecule has 0 aliphatic heterocycles. The second-order valence-corrected chi connectivity index (χ2v) is 15.3. The second kappa shape index (κ2) is 15.1. The van der Waals surface area contributed by atoms with Gasteiger partial charge in [0.25, 0.3) is 0 Å². The Hall–Kier alpha value is -7.94. The third-order valence-electron chi connectivity index (χ3n) is 11.8. The average molecular weight is 765 g/mol. The van der Waals surface area contributed by atoms with Gasteiger partial charge < -0.3 is 9.47 Å². The van der Waals surface area contributed by atoms with Crippen molar-refractivity contribution in [1.29, 1.82) is 0 Å². The summed E-state index contributed by atoms with van der Waals surface area (Å²) < 4.78 is 2.48. The molecule has 0 fully saturated rings. The molecule has 0 aliphatic carbocycles. The van der Waals surface area contributed by atoms with Crippen molar-refractivity contribution in [3.05, 3.63) is 243 Å². The molecule has 11 rings (SSSR count). The number of hydrogen-bond donors (Lipinski definition) is 0. The van der Waals surface area contributed by atoms with E-state index in [1.165, 1.54) is 66.0 Å². The molecule has 0 aliphatic rings. The number of nitrogens with zero attached hydrogens (tertiary/aromatic N) is 2. The topological polar surface area (TPSA) is 8.17 Å². The maximum absolute atomic E-state index is 2.48. The van der Waals surface area contributed by atoms with Crippen LogP contribution in [0.5, 0.6) is 0 Å². The molecule has 2 nitrogen and oxygen atoms in total. The summed E-state index contributed by atoms with van der Waals surface area (Å²) >= 11 is 0. The maximum atomic E-state index is 2.48. The van der Waals surface area contributed by atoms with E-state index >= 15 is 0 Å². The molecule has 11 aromatic rings. The Balaban J connectivity index is 1.14. The van der Waals surface area contributed by atoms with Crippen molar-refractivity contribution in [3.63, 3.8) is 0 Å². The molecule has 0 amide bonds. The first kappa shape index (κ1) is 35.2. The monoisotopic (exact) mass is 764 g/mol. The average Bonchev–Trinajstić information content (AvgIpc) is 3.66. The Bertz CT molecular complexity index is 3290. The third-order valence-corrected chi connectivity index (χ3v) is 11.8. The van der Waals surface area contributed by atoms with Gasteiger partial charge in [0, 0.05) is 33.4 Å². The van der Waals surface area contributed by atoms with E-state index in [4.69, 9.17) is 0 Å². The van der Waals surface area contributed by atoms with Crippen LogP contribution in [0, 0.1) is 0 Å². The molecule has 2 heteroatoms. The van der Waals surface area contributed by atoms with Gasteiger partial charge in [-0.15, -0.1) is 0 Å². The Morgan fingerprint density at radius 3 is 1.48 bits per heavy atom. The van der Waals surface area contributed by atoms with Gasteiger partial charge in [-0.2, -0.15) is 0 Å². The van der Waals surface area contributed by atoms with Gasteiger partial charge in [-0.25, -0.2) is 0 Å². The summed E-state index contributed by atoms with van der Waals surface area (Å²) in [5.41, 5.74) is 16.3. The van der Waals surface area contributed by atoms with Crippen molar-refractivity contribution in [2.45, 2.75) is 0 Å². The van der Waals surface area contributed by atoms with E-state index in [1.54, 1.807) is 0 Å². The molecule has 60 heavy (non-hydrogen) atoms. The number of hydrogen-bond acceptors (Lipinski definition) is 1. The number of benzene rings is 10. The first-order valence-electron chi connectivity index (χ1n) is 20.6. The van der Waals surface area contributed by atoms with Gasteiger partial charge in [-0.1, -0.05) is 188 Å². The number of rotatable bonds is 8. The first-order valence-corrected chi connectivity index (χ1v) is 20.6. The molecular formula is C58H40N2. The van der Waals surface area contributed by atoms with Crippen LogP contribution in [0.1, 0.15) is 0 Å². The molecule has 0 N–H and O–H groups in total. The number of para-hydroxylation sites is 1. The van der Waals surface area contributed by atoms with Crippen LogP contribution < -0.4 is 4.90 Å². The van der Waals surface area contributed by atoms with Crippen LogP contribution in [0.2, 0.25) is 0 Å². The van der Waals surface area contributed by atoms with Crippen molar-refractivity contribution in [2.24, 2.45) is 0 Å². The number of anilines is 3. The largest absolute Gasteiger partial charge is 0.310 e. The Kier molecular flexibility index (Phi) is 8.87. The SMILES string of the molecule is c1ccc(-c2ccc(N(c3cccc(-c4ccccc4-c4ccccc4)c3)c3ccc4c5ccccc5n(-c5cc6ccccc6cc5-c5ccccc5)c4c3)cc2)cc1. The minimum atomic E-state index is 1.08. The fraction of sp³-hybridized carbons (Fsp3) is 0. The summed E-state index contributed by atoms with van der Waals surface area (Å²) in [7, 11) is 0. The smallest absolute Gasteiger partial charge is 0.0562 e. The Morgan fingerprint density at radius 1 is 0.267 bits per heavy atom. The van der Waals surface area contributed by atoms with Gasteiger partial charge in [0.05, 0.1) is 16.7 Å². The standard InChI is InChI=1S/C58H40N2/c1-4-17-41(18-5-1)42-31-33-48(34-32-42)59(49-26-16-25-47(37-49)52-28-13-12-27-51(52)43-19-6-2-7-20-43)50-35-36-54-53-29-14-15-30-56(53)60(58(54)40-50)57-39-46-24-11-10-23-45(46)38-55(57)44-21-8-3-9-22-44/h1-40H. The van der Waals surface area contributed by atoms with Crippen molar-refractivity contribution < 1.29 is 0 Å². The molecule has 0 saturated heterocycles. The van der Waals surface area contributed by atoms with Gasteiger partial charge in [0.1, 0.15) is 0 Å². The molecule has 1 heterocycles. The van der Waals surface area contributed by atoms with E-state index < -0.39 is 0 Å². The predicted molar refractivity (Wildman–Crippen MR) is 255 cm³/mol. The first-order chi connectivity index (χ1) is 29.8. The molecule has 10 aromatic carbocycles. The summed E-state index contributed by atoms with van der Waals surface area (Å²) in [5, 5.41) is 4.87. The van der Waals surface area contributed by atoms with E-state index in [2.05, 4.69) is 252 Å². The van der Waals surface area contributed by atoms with E-state index in [-0.39, 0.29) is 0 Å². The molecule has 0 bridgehead atoms. The molecule has 1 aromatic heterocycles. The maximum Gasteiger partial charge on any atom is 0.0562 e. The van der Waals surface area contributed by atoms with Crippen molar-refractivity contribution >= 4 is 49.6 Å². The second-order valence-electron chi connectivity index (χ2n) is 15.3. The van der Waals surface area contributed by atoms with Gasteiger partial charge in [0.15, 0.2) is 0 Å². The lowest BCUT2D eigenvalue weighted by Crippen LogP contribution is -2.10. The molecule has 282 valence electrons. The molecule has 0 atom stereocenters. The third kappa shape index (κ3) is 6.32. The Morgan fingerprint density at radius 2 is 0.767 bits per heavy atom. The minimum Gasteiger partial charge on any atom is -0.310 e. The van der Waals surface area contributed by atoms with Gasteiger partial charge in [0.2, 0.25) is 0 Å². The summed E-state index contributed by atoms with van der Waals surface area (Å²) in [6.07, 6.45) is 0. The summed E-state index contributed by atoms with van der Waals surface area (Å²) in [6, 6.07) is 88.0. The van der Waals surface area contributed by atoms with Gasteiger partial charge in [-0.3, -0.25) is 0 Å². The van der Waals surface area contributed by atoms with Gasteiger partial charge in [-0.05, 0) is 104 Å². The van der Waals surface area contributed by atoms with Crippen LogP contribution in [0.15, 0.2) is 243 Å². The highest BCUT2D eigenvalue weighted by Gasteiger charge is 2.21. The highest BCUT2D eigenvalue weighted by molar-refractivity contribution is 6.11. The minimum absolute atomic E-state index is 1.08. The summed E-state index contributed by atoms with van der Waals surface area (Å²) in [6.45, 7) is 0. The van der Waals surface area contributed by atoms with Gasteiger partial charge >= 0.3 is 0 Å². The fourth-order valence-electron chi connectivity index (χ4n) is 8.92. The quantitative estimate of drug-likeness (QED) is 0.150. The zero-order chi connectivity index (χ0) is 39.8. The van der Waals surface area contributed by atoms with Crippen LogP contribution in [-0.4, -0.2) is 4.57 Å². The Labute approximate surface area is 350 Å². The van der Waals surface area contributed by atoms with Crippen molar-refractivity contribution in [3.8, 4) is 50.2 Å². The van der Waals surface area contributed by atoms with Crippen LogP contribution in [0.4, 0.5) is 17.1 Å². The van der Waals surface area contributed by atoms with Crippen LogP contribution in [0.3, 0.4) is 0 Å². The summed E-state index contributed by atoms with van der Waals surface area (Å²) in [4.78, 5) is 2.41. The lowest BCUT2D eigenvalue weighted by atomic mass is 9.94. The van der Waals surface area contributed by atoms with Crippen molar-refractivity contribution in [2.75, 3.05) is 4.90 Å². The van der Waals surface area contributed by atoms with E-state index in [1.807, 2.05) is 0 Å². The zero-order valence-corrected chi connectivity index (χ0v) is 33.0. The zero-order valence-electron chi connectivity index (χ0n) is 33.0. The lowest BCUT2D eigenvalue weighted by molar-refractivity contribution is 1.18. The van der Waals surface area contributed by atoms with Crippen molar-refractivity contribution in [1.82, 2.24) is 4.57 Å². The molecule has 0 unspecified atom stereocenters. The van der Waals surface area contributed by atoms with E-state index in [0.29, 0.717) is 0 Å². The van der Waals surface area contributed by atoms with E-state index in [0.717, 1.165) is 33.8 Å². The number of aromatic nitrogens is 1. The molecule has 0 radical (unpaired) electrons. The van der Waals surface area contributed by atoms with Crippen LogP contribution >= 0.6 is 0 Å². The van der Waals surface area contributed by atoms with E-state index in [9.17, 15) is 0 Å². The lowest BCUT2D eigenvalue weighted by Gasteiger charge is -2.27. The highest BCUT2D eigenvalue weighted by Crippen LogP contribution is 2.43. The molecule has 0 saturated carbocycles. The van der Waals surface area contributed by atoms with Crippen LogP contribution in [0.25, 0.3) is 82.8 Å². The normalized spacial score (nSPS) is 11.3. The molecular weight excluding hydrogens is 725 g/mol. The highest BCUT2D eigenvalue weighted by atomic mass is 15.1. The fourth-order valence-corrected chi connectivity index (χ4v) is 8.92. The molecule has 0 spiro atoms. The predicted octanol–water partition coefficient (Wildman–Crippen LogP) is 16.1. The summed E-state index contributed by atoms with van der Waals surface area (Å²) in [5.74, 6) is 0. The number of fused-ring (bicyclic) bond motifs is 4.